The lowest BCUT2D eigenvalue weighted by Crippen LogP contribution is -2.50. The number of carboxylic acids is 1. The molecule has 1 aliphatic carbocycles. The van der Waals surface area contributed by atoms with Crippen LogP contribution in [0.2, 0.25) is 0 Å². The predicted octanol–water partition coefficient (Wildman–Crippen LogP) is 1.87. The number of urea groups is 1. The monoisotopic (exact) mass is 286 g/mol. The van der Waals surface area contributed by atoms with Crippen molar-refractivity contribution < 1.29 is 14.7 Å². The van der Waals surface area contributed by atoms with Crippen molar-refractivity contribution in [2.75, 3.05) is 25.4 Å². The standard InChI is InChI=1S/C13H22N2O3S/c1-2-11-9-14(7-8-19-11)13(18)15(10-3-4-10)6-5-12(16)17/h10-11H,2-9H2,1H3,(H,16,17). The Morgan fingerprint density at radius 1 is 1.42 bits per heavy atom. The number of hydrogen-bond acceptors (Lipinski definition) is 3. The zero-order chi connectivity index (χ0) is 13.8. The number of carbonyl (C=O) groups is 2. The van der Waals surface area contributed by atoms with Gasteiger partial charge >= 0.3 is 12.0 Å². The predicted molar refractivity (Wildman–Crippen MR) is 75.5 cm³/mol. The van der Waals surface area contributed by atoms with Gasteiger partial charge < -0.3 is 14.9 Å². The topological polar surface area (TPSA) is 60.9 Å². The minimum Gasteiger partial charge on any atom is -0.481 e. The van der Waals surface area contributed by atoms with E-state index in [0.717, 1.165) is 38.1 Å². The van der Waals surface area contributed by atoms with Crippen molar-refractivity contribution in [3.05, 3.63) is 0 Å². The third-order valence-electron chi connectivity index (χ3n) is 3.66. The molecular formula is C13H22N2O3S. The molecule has 0 spiro atoms. The Hall–Kier alpha value is -0.910. The van der Waals surface area contributed by atoms with E-state index in [9.17, 15) is 9.59 Å². The van der Waals surface area contributed by atoms with Gasteiger partial charge in [-0.15, -0.1) is 0 Å². The van der Waals surface area contributed by atoms with E-state index < -0.39 is 5.97 Å². The molecule has 0 aromatic carbocycles. The molecule has 1 unspecified atom stereocenters. The number of rotatable bonds is 5. The van der Waals surface area contributed by atoms with Gasteiger partial charge in [0, 0.05) is 36.7 Å². The summed E-state index contributed by atoms with van der Waals surface area (Å²) >= 11 is 1.93. The molecule has 0 aromatic heterocycles. The van der Waals surface area contributed by atoms with Gasteiger partial charge in [0.15, 0.2) is 0 Å². The van der Waals surface area contributed by atoms with Crippen LogP contribution in [0.15, 0.2) is 0 Å². The first-order valence-electron chi connectivity index (χ1n) is 7.00. The Bertz CT molecular complexity index is 347. The van der Waals surface area contributed by atoms with Crippen LogP contribution in [0.25, 0.3) is 0 Å². The molecule has 1 saturated heterocycles. The van der Waals surface area contributed by atoms with E-state index in [4.69, 9.17) is 5.11 Å². The minimum absolute atomic E-state index is 0.0437. The Morgan fingerprint density at radius 2 is 2.16 bits per heavy atom. The highest BCUT2D eigenvalue weighted by Crippen LogP contribution is 2.29. The van der Waals surface area contributed by atoms with E-state index in [2.05, 4.69) is 6.92 Å². The lowest BCUT2D eigenvalue weighted by Gasteiger charge is -2.36. The van der Waals surface area contributed by atoms with Crippen LogP contribution in [0.3, 0.4) is 0 Å². The molecule has 2 fully saturated rings. The molecule has 1 N–H and O–H groups in total. The summed E-state index contributed by atoms with van der Waals surface area (Å²) in [6.07, 6.45) is 3.16. The van der Waals surface area contributed by atoms with Gasteiger partial charge in [-0.1, -0.05) is 6.92 Å². The van der Waals surface area contributed by atoms with E-state index in [-0.39, 0.29) is 18.5 Å². The smallest absolute Gasteiger partial charge is 0.320 e. The molecule has 6 heteroatoms. The number of hydrogen-bond donors (Lipinski definition) is 1. The molecule has 1 saturated carbocycles. The largest absolute Gasteiger partial charge is 0.481 e. The minimum atomic E-state index is -0.834. The summed E-state index contributed by atoms with van der Waals surface area (Å²) in [6, 6.07) is 0.323. The van der Waals surface area contributed by atoms with Gasteiger partial charge in [-0.3, -0.25) is 4.79 Å². The number of nitrogens with zero attached hydrogens (tertiary/aromatic N) is 2. The molecule has 0 radical (unpaired) electrons. The average Bonchev–Trinajstić information content (AvgIpc) is 3.23. The molecular weight excluding hydrogens is 264 g/mol. The summed E-state index contributed by atoms with van der Waals surface area (Å²) in [7, 11) is 0. The van der Waals surface area contributed by atoms with Gasteiger partial charge in [0.2, 0.25) is 0 Å². The molecule has 0 bridgehead atoms. The highest BCUT2D eigenvalue weighted by Gasteiger charge is 2.36. The molecule has 1 atom stereocenters. The second-order valence-corrected chi connectivity index (χ2v) is 6.61. The normalized spacial score (nSPS) is 23.2. The Balaban J connectivity index is 1.92. The number of thioether (sulfide) groups is 1. The highest BCUT2D eigenvalue weighted by atomic mass is 32.2. The third-order valence-corrected chi connectivity index (χ3v) is 5.04. The van der Waals surface area contributed by atoms with Crippen LogP contribution >= 0.6 is 11.8 Å². The summed E-state index contributed by atoms with van der Waals surface area (Å²) in [4.78, 5) is 26.9. The first-order chi connectivity index (χ1) is 9.11. The van der Waals surface area contributed by atoms with E-state index >= 15 is 0 Å². The first kappa shape index (κ1) is 14.5. The number of carbonyl (C=O) groups excluding carboxylic acids is 1. The first-order valence-corrected chi connectivity index (χ1v) is 8.05. The second kappa shape index (κ2) is 6.50. The zero-order valence-electron chi connectivity index (χ0n) is 11.4. The van der Waals surface area contributed by atoms with Crippen molar-refractivity contribution in [3.8, 4) is 0 Å². The summed E-state index contributed by atoms with van der Waals surface area (Å²) in [6.45, 7) is 4.08. The maximum absolute atomic E-state index is 12.5. The molecule has 2 aliphatic rings. The molecule has 108 valence electrons. The Kier molecular flexibility index (Phi) is 4.96. The van der Waals surface area contributed by atoms with Gasteiger partial charge in [0.25, 0.3) is 0 Å². The summed E-state index contributed by atoms with van der Waals surface area (Å²) in [5.74, 6) is 0.154. The fourth-order valence-corrected chi connectivity index (χ4v) is 3.54. The lowest BCUT2D eigenvalue weighted by molar-refractivity contribution is -0.137. The van der Waals surface area contributed by atoms with Crippen LogP contribution in [0.5, 0.6) is 0 Å². The maximum atomic E-state index is 12.5. The third kappa shape index (κ3) is 4.03. The molecule has 0 aromatic rings. The van der Waals surface area contributed by atoms with Crippen LogP contribution < -0.4 is 0 Å². The van der Waals surface area contributed by atoms with Crippen LogP contribution in [0, 0.1) is 0 Å². The number of amides is 2. The van der Waals surface area contributed by atoms with Crippen molar-refractivity contribution in [3.63, 3.8) is 0 Å². The fraction of sp³-hybridized carbons (Fsp3) is 0.846. The second-order valence-electron chi connectivity index (χ2n) is 5.20. The van der Waals surface area contributed by atoms with Crippen molar-refractivity contribution in [1.29, 1.82) is 0 Å². The van der Waals surface area contributed by atoms with Gasteiger partial charge in [-0.2, -0.15) is 11.8 Å². The van der Waals surface area contributed by atoms with Crippen LogP contribution in [-0.4, -0.2) is 63.6 Å². The molecule has 19 heavy (non-hydrogen) atoms. The average molecular weight is 286 g/mol. The van der Waals surface area contributed by atoms with Crippen molar-refractivity contribution in [2.45, 2.75) is 43.9 Å². The fourth-order valence-electron chi connectivity index (χ4n) is 2.36. The van der Waals surface area contributed by atoms with Crippen molar-refractivity contribution in [2.24, 2.45) is 0 Å². The Labute approximate surface area is 118 Å². The number of aliphatic carboxylic acids is 1. The van der Waals surface area contributed by atoms with Crippen molar-refractivity contribution in [1.82, 2.24) is 9.80 Å². The molecule has 5 nitrogen and oxygen atoms in total. The van der Waals surface area contributed by atoms with E-state index in [1.807, 2.05) is 16.7 Å². The maximum Gasteiger partial charge on any atom is 0.320 e. The summed E-state index contributed by atoms with van der Waals surface area (Å²) in [5, 5.41) is 9.31. The van der Waals surface area contributed by atoms with Gasteiger partial charge in [0.1, 0.15) is 0 Å². The van der Waals surface area contributed by atoms with Crippen molar-refractivity contribution >= 4 is 23.8 Å². The molecule has 1 heterocycles. The van der Waals surface area contributed by atoms with Crippen LogP contribution in [0.1, 0.15) is 32.6 Å². The zero-order valence-corrected chi connectivity index (χ0v) is 12.2. The molecule has 1 aliphatic heterocycles. The van der Waals surface area contributed by atoms with E-state index in [1.54, 1.807) is 4.90 Å². The Morgan fingerprint density at radius 3 is 2.74 bits per heavy atom. The summed E-state index contributed by atoms with van der Waals surface area (Å²) < 4.78 is 0. The number of carboxylic acid groups (broad SMARTS) is 1. The molecule has 2 rings (SSSR count). The van der Waals surface area contributed by atoms with E-state index in [0.29, 0.717) is 11.8 Å². The van der Waals surface area contributed by atoms with Gasteiger partial charge in [0.05, 0.1) is 6.42 Å². The SMILES string of the molecule is CCC1CN(C(=O)N(CCC(=O)O)C2CC2)CCS1. The van der Waals surface area contributed by atoms with Gasteiger partial charge in [-0.05, 0) is 19.3 Å². The quantitative estimate of drug-likeness (QED) is 0.838. The molecule has 2 amide bonds. The van der Waals surface area contributed by atoms with E-state index in [1.165, 1.54) is 0 Å². The van der Waals surface area contributed by atoms with Crippen LogP contribution in [-0.2, 0) is 4.79 Å². The van der Waals surface area contributed by atoms with Crippen LogP contribution in [0.4, 0.5) is 4.79 Å². The lowest BCUT2D eigenvalue weighted by atomic mass is 10.3. The van der Waals surface area contributed by atoms with Gasteiger partial charge in [-0.25, -0.2) is 4.79 Å². The summed E-state index contributed by atoms with van der Waals surface area (Å²) in [5.41, 5.74) is 0. The highest BCUT2D eigenvalue weighted by molar-refractivity contribution is 8.00.